The van der Waals surface area contributed by atoms with Crippen LogP contribution in [0.5, 0.6) is 5.88 Å². The van der Waals surface area contributed by atoms with Gasteiger partial charge in [-0.2, -0.15) is 0 Å². The first kappa shape index (κ1) is 14.7. The number of pyridine rings is 1. The molecule has 2 heterocycles. The zero-order chi connectivity index (χ0) is 14.5. The molecule has 1 aromatic rings. The van der Waals surface area contributed by atoms with E-state index in [1.54, 1.807) is 32.4 Å². The quantitative estimate of drug-likeness (QED) is 0.854. The molecule has 1 saturated heterocycles. The molecule has 0 aliphatic carbocycles. The van der Waals surface area contributed by atoms with Crippen LogP contribution in [0.4, 0.5) is 0 Å². The summed E-state index contributed by atoms with van der Waals surface area (Å²) in [5, 5.41) is 9.36. The first-order valence-corrected chi connectivity index (χ1v) is 6.80. The Bertz CT molecular complexity index is 439. The zero-order valence-electron chi connectivity index (χ0n) is 12.0. The summed E-state index contributed by atoms with van der Waals surface area (Å²) in [6.07, 6.45) is 1.21. The first-order chi connectivity index (χ1) is 9.60. The number of ether oxygens (including phenoxy) is 1. The number of piperazine rings is 1. The van der Waals surface area contributed by atoms with E-state index >= 15 is 0 Å². The SMILES string of the molecule is COc1ccc(C(=O)N2CCN(CC(C)O)CC2)cn1. The van der Waals surface area contributed by atoms with Crippen LogP contribution in [0.1, 0.15) is 17.3 Å². The van der Waals surface area contributed by atoms with Gasteiger partial charge >= 0.3 is 0 Å². The molecule has 1 N–H and O–H groups in total. The van der Waals surface area contributed by atoms with Gasteiger partial charge < -0.3 is 14.7 Å². The molecular formula is C14H21N3O3. The highest BCUT2D eigenvalue weighted by Crippen LogP contribution is 2.11. The predicted octanol–water partition coefficient (Wildman–Crippen LogP) is 0.229. The third kappa shape index (κ3) is 3.68. The molecule has 1 amide bonds. The fourth-order valence-corrected chi connectivity index (χ4v) is 2.32. The molecule has 0 spiro atoms. The van der Waals surface area contributed by atoms with Gasteiger partial charge in [0.1, 0.15) is 0 Å². The number of amides is 1. The molecular weight excluding hydrogens is 258 g/mol. The van der Waals surface area contributed by atoms with Crippen LogP contribution in [-0.4, -0.2) is 71.7 Å². The third-order valence-electron chi connectivity index (χ3n) is 3.37. The highest BCUT2D eigenvalue weighted by molar-refractivity contribution is 5.94. The van der Waals surface area contributed by atoms with Crippen molar-refractivity contribution in [2.24, 2.45) is 0 Å². The Hall–Kier alpha value is -1.66. The fraction of sp³-hybridized carbons (Fsp3) is 0.571. The number of methoxy groups -OCH3 is 1. The van der Waals surface area contributed by atoms with Crippen LogP contribution in [0.15, 0.2) is 18.3 Å². The van der Waals surface area contributed by atoms with Gasteiger partial charge in [0.15, 0.2) is 0 Å². The summed E-state index contributed by atoms with van der Waals surface area (Å²) in [6, 6.07) is 3.42. The van der Waals surface area contributed by atoms with E-state index in [0.29, 0.717) is 31.1 Å². The van der Waals surface area contributed by atoms with Crippen molar-refractivity contribution in [1.82, 2.24) is 14.8 Å². The molecule has 2 rings (SSSR count). The van der Waals surface area contributed by atoms with Crippen LogP contribution in [0, 0.1) is 0 Å². The van der Waals surface area contributed by atoms with E-state index in [1.165, 1.54) is 0 Å². The van der Waals surface area contributed by atoms with Crippen molar-refractivity contribution in [2.45, 2.75) is 13.0 Å². The molecule has 0 saturated carbocycles. The van der Waals surface area contributed by atoms with Gasteiger partial charge in [0.2, 0.25) is 5.88 Å². The van der Waals surface area contributed by atoms with Crippen LogP contribution in [-0.2, 0) is 0 Å². The van der Waals surface area contributed by atoms with E-state index in [4.69, 9.17) is 4.74 Å². The number of aliphatic hydroxyl groups excluding tert-OH is 1. The number of carbonyl (C=O) groups is 1. The first-order valence-electron chi connectivity index (χ1n) is 6.80. The summed E-state index contributed by atoms with van der Waals surface area (Å²) >= 11 is 0. The summed E-state index contributed by atoms with van der Waals surface area (Å²) in [7, 11) is 1.55. The Morgan fingerprint density at radius 1 is 1.40 bits per heavy atom. The summed E-state index contributed by atoms with van der Waals surface area (Å²) in [4.78, 5) is 20.3. The second-order valence-corrected chi connectivity index (χ2v) is 5.03. The molecule has 110 valence electrons. The Kier molecular flexibility index (Phi) is 4.92. The lowest BCUT2D eigenvalue weighted by molar-refractivity contribution is 0.0553. The Balaban J connectivity index is 1.90. The molecule has 6 heteroatoms. The molecule has 20 heavy (non-hydrogen) atoms. The number of aliphatic hydroxyl groups is 1. The Labute approximate surface area is 119 Å². The maximum absolute atomic E-state index is 12.3. The van der Waals surface area contributed by atoms with E-state index in [9.17, 15) is 9.90 Å². The third-order valence-corrected chi connectivity index (χ3v) is 3.37. The monoisotopic (exact) mass is 279 g/mol. The van der Waals surface area contributed by atoms with Gasteiger partial charge in [-0.3, -0.25) is 9.69 Å². The normalized spacial score (nSPS) is 17.9. The minimum absolute atomic E-state index is 0.00292. The van der Waals surface area contributed by atoms with E-state index in [0.717, 1.165) is 13.1 Å². The minimum Gasteiger partial charge on any atom is -0.481 e. The number of aromatic nitrogens is 1. The highest BCUT2D eigenvalue weighted by atomic mass is 16.5. The van der Waals surface area contributed by atoms with E-state index in [1.807, 2.05) is 4.90 Å². The smallest absolute Gasteiger partial charge is 0.255 e. The van der Waals surface area contributed by atoms with Gasteiger partial charge in [0.05, 0.1) is 18.8 Å². The number of rotatable bonds is 4. The standard InChI is InChI=1S/C14H21N3O3/c1-11(18)10-16-5-7-17(8-6-16)14(19)12-3-4-13(20-2)15-9-12/h3-4,9,11,18H,5-8,10H2,1-2H3. The average Bonchev–Trinajstić information content (AvgIpc) is 2.47. The van der Waals surface area contributed by atoms with Gasteiger partial charge in [0.25, 0.3) is 5.91 Å². The molecule has 6 nitrogen and oxygen atoms in total. The van der Waals surface area contributed by atoms with Gasteiger partial charge in [-0.25, -0.2) is 4.98 Å². The predicted molar refractivity (Wildman–Crippen MR) is 74.8 cm³/mol. The van der Waals surface area contributed by atoms with Crippen LogP contribution in [0.2, 0.25) is 0 Å². The maximum atomic E-state index is 12.3. The number of hydrogen-bond acceptors (Lipinski definition) is 5. The van der Waals surface area contributed by atoms with Crippen molar-refractivity contribution >= 4 is 5.91 Å². The van der Waals surface area contributed by atoms with Crippen molar-refractivity contribution < 1.29 is 14.6 Å². The molecule has 1 aliphatic heterocycles. The van der Waals surface area contributed by atoms with Crippen molar-refractivity contribution in [3.63, 3.8) is 0 Å². The van der Waals surface area contributed by atoms with Gasteiger partial charge in [-0.05, 0) is 13.0 Å². The van der Waals surface area contributed by atoms with Crippen molar-refractivity contribution in [1.29, 1.82) is 0 Å². The highest BCUT2D eigenvalue weighted by Gasteiger charge is 2.22. The van der Waals surface area contributed by atoms with E-state index in [-0.39, 0.29) is 12.0 Å². The summed E-state index contributed by atoms with van der Waals surface area (Å²) < 4.78 is 4.98. The van der Waals surface area contributed by atoms with Crippen LogP contribution in [0.25, 0.3) is 0 Å². The molecule has 0 aromatic carbocycles. The second kappa shape index (κ2) is 6.67. The number of carbonyl (C=O) groups excluding carboxylic acids is 1. The van der Waals surface area contributed by atoms with Crippen molar-refractivity contribution in [3.05, 3.63) is 23.9 Å². The Morgan fingerprint density at radius 2 is 2.10 bits per heavy atom. The largest absolute Gasteiger partial charge is 0.481 e. The lowest BCUT2D eigenvalue weighted by Gasteiger charge is -2.35. The summed E-state index contributed by atoms with van der Waals surface area (Å²) in [5.41, 5.74) is 0.578. The number of hydrogen-bond donors (Lipinski definition) is 1. The van der Waals surface area contributed by atoms with Crippen LogP contribution in [0.3, 0.4) is 0 Å². The molecule has 0 radical (unpaired) electrons. The van der Waals surface area contributed by atoms with Gasteiger partial charge in [-0.15, -0.1) is 0 Å². The minimum atomic E-state index is -0.331. The zero-order valence-corrected chi connectivity index (χ0v) is 12.0. The molecule has 1 fully saturated rings. The van der Waals surface area contributed by atoms with Gasteiger partial charge in [-0.1, -0.05) is 0 Å². The molecule has 0 bridgehead atoms. The number of nitrogens with zero attached hydrogens (tertiary/aromatic N) is 3. The molecule has 1 aliphatic rings. The summed E-state index contributed by atoms with van der Waals surface area (Å²) in [5.74, 6) is 0.500. The maximum Gasteiger partial charge on any atom is 0.255 e. The fourth-order valence-electron chi connectivity index (χ4n) is 2.32. The average molecular weight is 279 g/mol. The topological polar surface area (TPSA) is 65.9 Å². The van der Waals surface area contributed by atoms with Crippen molar-refractivity contribution in [3.8, 4) is 5.88 Å². The summed E-state index contributed by atoms with van der Waals surface area (Å²) in [6.45, 7) is 5.38. The molecule has 1 atom stereocenters. The molecule has 1 unspecified atom stereocenters. The van der Waals surface area contributed by atoms with Crippen LogP contribution >= 0.6 is 0 Å². The van der Waals surface area contributed by atoms with E-state index in [2.05, 4.69) is 9.88 Å². The second-order valence-electron chi connectivity index (χ2n) is 5.03. The molecule has 1 aromatic heterocycles. The van der Waals surface area contributed by atoms with Crippen molar-refractivity contribution in [2.75, 3.05) is 39.8 Å². The van der Waals surface area contributed by atoms with Gasteiger partial charge in [0, 0.05) is 45.0 Å². The lowest BCUT2D eigenvalue weighted by Crippen LogP contribution is -2.50. The Morgan fingerprint density at radius 3 is 2.60 bits per heavy atom. The lowest BCUT2D eigenvalue weighted by atomic mass is 10.2. The number of β-amino-alcohol motifs (C(OH)–C–C–N with tert-alkyl or cyclic N) is 1. The van der Waals surface area contributed by atoms with E-state index < -0.39 is 0 Å². The van der Waals surface area contributed by atoms with Crippen LogP contribution < -0.4 is 4.74 Å².